The Morgan fingerprint density at radius 3 is 2.16 bits per heavy atom. The van der Waals surface area contributed by atoms with Crippen LogP contribution in [-0.4, -0.2) is 56.6 Å². The number of hydrogen-bond acceptors (Lipinski definition) is 5. The molecule has 0 aromatic heterocycles. The first-order chi connectivity index (χ1) is 17.5. The molecule has 37 heavy (non-hydrogen) atoms. The lowest BCUT2D eigenvalue weighted by atomic mass is 10.1. The minimum Gasteiger partial charge on any atom is -0.494 e. The Balaban J connectivity index is 2.19. The van der Waals surface area contributed by atoms with Crippen molar-refractivity contribution in [1.82, 2.24) is 10.2 Å². The second-order valence-electron chi connectivity index (χ2n) is 9.10. The molecule has 10 heteroatoms. The van der Waals surface area contributed by atoms with Gasteiger partial charge in [-0.3, -0.25) is 13.9 Å². The summed E-state index contributed by atoms with van der Waals surface area (Å²) in [5.74, 6) is 0.214. The fourth-order valence-corrected chi connectivity index (χ4v) is 5.06. The molecule has 2 aromatic rings. The lowest BCUT2D eigenvalue weighted by Crippen LogP contribution is -2.50. The number of amides is 2. The quantitative estimate of drug-likeness (QED) is 0.370. The standard InChI is InChI=1S/C27H38ClN3O5S/c1-6-25(27(33)29-20(3)4)30(19-21-10-12-22(28)13-11-21)26(32)9-8-18-31(37(5,34)35)23-14-16-24(17-15-23)36-7-2/h10-17,20,25H,6-9,18-19H2,1-5H3,(H,29,33). The molecule has 1 atom stereocenters. The Labute approximate surface area is 226 Å². The molecule has 1 unspecified atom stereocenters. The molecule has 0 saturated carbocycles. The van der Waals surface area contributed by atoms with Gasteiger partial charge in [-0.05, 0) is 75.6 Å². The molecule has 204 valence electrons. The van der Waals surface area contributed by atoms with E-state index in [1.54, 1.807) is 41.3 Å². The molecule has 0 saturated heterocycles. The van der Waals surface area contributed by atoms with E-state index in [1.807, 2.05) is 39.8 Å². The van der Waals surface area contributed by atoms with Gasteiger partial charge in [0.25, 0.3) is 0 Å². The van der Waals surface area contributed by atoms with Crippen LogP contribution in [-0.2, 0) is 26.2 Å². The van der Waals surface area contributed by atoms with Gasteiger partial charge >= 0.3 is 0 Å². The van der Waals surface area contributed by atoms with E-state index < -0.39 is 16.1 Å². The number of nitrogens with one attached hydrogen (secondary N) is 1. The van der Waals surface area contributed by atoms with Gasteiger partial charge < -0.3 is 15.0 Å². The number of benzene rings is 2. The summed E-state index contributed by atoms with van der Waals surface area (Å²) in [7, 11) is -3.57. The van der Waals surface area contributed by atoms with Crippen LogP contribution in [0.1, 0.15) is 52.5 Å². The Hall–Kier alpha value is -2.78. The minimum atomic E-state index is -3.57. The third-order valence-electron chi connectivity index (χ3n) is 5.67. The third-order valence-corrected chi connectivity index (χ3v) is 7.12. The second-order valence-corrected chi connectivity index (χ2v) is 11.4. The smallest absolute Gasteiger partial charge is 0.243 e. The molecule has 0 spiro atoms. The van der Waals surface area contributed by atoms with Gasteiger partial charge in [0.1, 0.15) is 11.8 Å². The molecule has 0 bridgehead atoms. The zero-order chi connectivity index (χ0) is 27.6. The number of anilines is 1. The van der Waals surface area contributed by atoms with Crippen molar-refractivity contribution in [2.45, 2.75) is 65.6 Å². The summed E-state index contributed by atoms with van der Waals surface area (Å²) in [6.07, 6.45) is 1.96. The van der Waals surface area contributed by atoms with Crippen LogP contribution in [0.15, 0.2) is 48.5 Å². The van der Waals surface area contributed by atoms with Crippen molar-refractivity contribution in [2.75, 3.05) is 23.7 Å². The van der Waals surface area contributed by atoms with Crippen molar-refractivity contribution in [2.24, 2.45) is 0 Å². The molecular formula is C27H38ClN3O5S. The Kier molecular flexibility index (Phi) is 11.7. The van der Waals surface area contributed by atoms with Crippen LogP contribution in [0.25, 0.3) is 0 Å². The molecule has 0 heterocycles. The van der Waals surface area contributed by atoms with Gasteiger partial charge in [-0.2, -0.15) is 0 Å². The van der Waals surface area contributed by atoms with Gasteiger partial charge in [0.05, 0.1) is 18.6 Å². The predicted octanol–water partition coefficient (Wildman–Crippen LogP) is 4.62. The topological polar surface area (TPSA) is 96.0 Å². The molecule has 2 amide bonds. The maximum absolute atomic E-state index is 13.4. The van der Waals surface area contributed by atoms with E-state index in [9.17, 15) is 18.0 Å². The summed E-state index contributed by atoms with van der Waals surface area (Å²) in [5, 5.41) is 3.49. The molecule has 2 rings (SSSR count). The zero-order valence-corrected chi connectivity index (χ0v) is 23.8. The van der Waals surface area contributed by atoms with E-state index in [-0.39, 0.29) is 37.4 Å². The number of rotatable bonds is 14. The second kappa shape index (κ2) is 14.2. The van der Waals surface area contributed by atoms with Crippen molar-refractivity contribution in [3.63, 3.8) is 0 Å². The molecule has 8 nitrogen and oxygen atoms in total. The van der Waals surface area contributed by atoms with Gasteiger partial charge in [0.15, 0.2) is 0 Å². The number of carbonyl (C=O) groups is 2. The highest BCUT2D eigenvalue weighted by molar-refractivity contribution is 7.92. The SMILES string of the molecule is CCOc1ccc(N(CCCC(=O)N(Cc2ccc(Cl)cc2)C(CC)C(=O)NC(C)C)S(C)(=O)=O)cc1. The van der Waals surface area contributed by atoms with E-state index in [0.29, 0.717) is 35.9 Å². The summed E-state index contributed by atoms with van der Waals surface area (Å²) in [5.41, 5.74) is 1.35. The highest BCUT2D eigenvalue weighted by Crippen LogP contribution is 2.23. The molecule has 0 aliphatic carbocycles. The van der Waals surface area contributed by atoms with Crippen LogP contribution in [0.5, 0.6) is 5.75 Å². The van der Waals surface area contributed by atoms with E-state index in [0.717, 1.165) is 11.8 Å². The first-order valence-electron chi connectivity index (χ1n) is 12.5. The van der Waals surface area contributed by atoms with Crippen molar-refractivity contribution in [3.8, 4) is 5.75 Å². The van der Waals surface area contributed by atoms with E-state index >= 15 is 0 Å². The number of ether oxygens (including phenoxy) is 1. The molecule has 0 radical (unpaired) electrons. The summed E-state index contributed by atoms with van der Waals surface area (Å²) >= 11 is 6.01. The maximum Gasteiger partial charge on any atom is 0.243 e. The van der Waals surface area contributed by atoms with Crippen LogP contribution >= 0.6 is 11.6 Å². The van der Waals surface area contributed by atoms with E-state index in [2.05, 4.69) is 5.32 Å². The largest absolute Gasteiger partial charge is 0.494 e. The van der Waals surface area contributed by atoms with Crippen molar-refractivity contribution >= 4 is 39.1 Å². The van der Waals surface area contributed by atoms with Crippen molar-refractivity contribution in [1.29, 1.82) is 0 Å². The Morgan fingerprint density at radius 1 is 1.03 bits per heavy atom. The number of halogens is 1. The van der Waals surface area contributed by atoms with Gasteiger partial charge in [0, 0.05) is 30.6 Å². The summed E-state index contributed by atoms with van der Waals surface area (Å²) in [6.45, 7) is 8.37. The number of hydrogen-bond donors (Lipinski definition) is 1. The Bertz CT molecular complexity index is 1120. The third kappa shape index (κ3) is 9.55. The first-order valence-corrected chi connectivity index (χ1v) is 14.7. The average molecular weight is 552 g/mol. The summed E-state index contributed by atoms with van der Waals surface area (Å²) < 4.78 is 31.7. The lowest BCUT2D eigenvalue weighted by Gasteiger charge is -2.31. The fourth-order valence-electron chi connectivity index (χ4n) is 3.97. The molecular weight excluding hydrogens is 514 g/mol. The minimum absolute atomic E-state index is 0.0635. The summed E-state index contributed by atoms with van der Waals surface area (Å²) in [4.78, 5) is 27.9. The number of nitrogens with zero attached hydrogens (tertiary/aromatic N) is 2. The van der Waals surface area contributed by atoms with Crippen LogP contribution in [0, 0.1) is 0 Å². The number of sulfonamides is 1. The van der Waals surface area contributed by atoms with Crippen LogP contribution in [0.3, 0.4) is 0 Å². The highest BCUT2D eigenvalue weighted by atomic mass is 35.5. The fraction of sp³-hybridized carbons (Fsp3) is 0.481. The lowest BCUT2D eigenvalue weighted by molar-refractivity contribution is -0.141. The molecule has 2 aromatic carbocycles. The van der Waals surface area contributed by atoms with Crippen molar-refractivity contribution < 1.29 is 22.7 Å². The van der Waals surface area contributed by atoms with Crippen molar-refractivity contribution in [3.05, 3.63) is 59.1 Å². The monoisotopic (exact) mass is 551 g/mol. The van der Waals surface area contributed by atoms with Gasteiger partial charge in [-0.25, -0.2) is 8.42 Å². The van der Waals surface area contributed by atoms with Gasteiger partial charge in [-0.1, -0.05) is 30.7 Å². The van der Waals surface area contributed by atoms with Crippen LogP contribution < -0.4 is 14.4 Å². The summed E-state index contributed by atoms with van der Waals surface area (Å²) in [6, 6.07) is 13.2. The predicted molar refractivity (Wildman–Crippen MR) is 148 cm³/mol. The molecule has 0 fully saturated rings. The van der Waals surface area contributed by atoms with E-state index in [1.165, 1.54) is 4.31 Å². The van der Waals surface area contributed by atoms with Gasteiger partial charge in [0.2, 0.25) is 21.8 Å². The highest BCUT2D eigenvalue weighted by Gasteiger charge is 2.29. The maximum atomic E-state index is 13.4. The Morgan fingerprint density at radius 2 is 1.65 bits per heavy atom. The molecule has 1 N–H and O–H groups in total. The van der Waals surface area contributed by atoms with Crippen LogP contribution in [0.2, 0.25) is 5.02 Å². The first kappa shape index (κ1) is 30.4. The number of carbonyl (C=O) groups excluding carboxylic acids is 2. The average Bonchev–Trinajstić information content (AvgIpc) is 2.82. The van der Waals surface area contributed by atoms with Gasteiger partial charge in [-0.15, -0.1) is 0 Å². The van der Waals surface area contributed by atoms with Crippen LogP contribution in [0.4, 0.5) is 5.69 Å². The molecule has 0 aliphatic rings. The normalized spacial score (nSPS) is 12.2. The molecule has 0 aliphatic heterocycles. The van der Waals surface area contributed by atoms with E-state index in [4.69, 9.17) is 16.3 Å². The zero-order valence-electron chi connectivity index (χ0n) is 22.2.